The Bertz CT molecular complexity index is 1130. The minimum Gasteiger partial charge on any atom is -0.485 e. The van der Waals surface area contributed by atoms with Crippen LogP contribution in [0.25, 0.3) is 11.0 Å². The summed E-state index contributed by atoms with van der Waals surface area (Å²) in [6, 6.07) is 23.3. The van der Waals surface area contributed by atoms with E-state index in [1.54, 1.807) is 0 Å². The summed E-state index contributed by atoms with van der Waals surface area (Å²) in [5.41, 5.74) is 4.72. The van der Waals surface area contributed by atoms with E-state index in [9.17, 15) is 4.79 Å². The largest absolute Gasteiger partial charge is 0.485 e. The highest BCUT2D eigenvalue weighted by Crippen LogP contribution is 2.22. The van der Waals surface area contributed by atoms with Crippen LogP contribution in [0.4, 0.5) is 0 Å². The zero-order valence-electron chi connectivity index (χ0n) is 16.1. The quantitative estimate of drug-likeness (QED) is 0.443. The first-order valence-electron chi connectivity index (χ1n) is 9.34. The van der Waals surface area contributed by atoms with Crippen molar-refractivity contribution in [1.29, 1.82) is 0 Å². The van der Waals surface area contributed by atoms with Crippen LogP contribution >= 0.6 is 0 Å². The number of aromatic nitrogens is 2. The smallest absolute Gasteiger partial charge is 0.182 e. The topological polar surface area (TPSA) is 44.1 Å². The lowest BCUT2D eigenvalue weighted by molar-refractivity contribution is 0.0971. The van der Waals surface area contributed by atoms with Crippen molar-refractivity contribution in [3.8, 4) is 5.75 Å². The van der Waals surface area contributed by atoms with E-state index >= 15 is 0 Å². The normalized spacial score (nSPS) is 10.9. The first-order valence-corrected chi connectivity index (χ1v) is 9.34. The second-order valence-electron chi connectivity index (χ2n) is 6.95. The highest BCUT2D eigenvalue weighted by molar-refractivity contribution is 5.96. The van der Waals surface area contributed by atoms with Gasteiger partial charge in [-0.1, -0.05) is 54.6 Å². The van der Waals surface area contributed by atoms with E-state index in [4.69, 9.17) is 9.72 Å². The molecule has 0 N–H and O–H groups in total. The summed E-state index contributed by atoms with van der Waals surface area (Å²) in [4.78, 5) is 17.5. The molecule has 0 bridgehead atoms. The van der Waals surface area contributed by atoms with Crippen LogP contribution < -0.4 is 4.74 Å². The summed E-state index contributed by atoms with van der Waals surface area (Å²) in [5.74, 6) is 1.64. The van der Waals surface area contributed by atoms with Crippen molar-refractivity contribution in [2.24, 2.45) is 0 Å². The third-order valence-electron chi connectivity index (χ3n) is 4.83. The van der Waals surface area contributed by atoms with E-state index in [-0.39, 0.29) is 12.3 Å². The van der Waals surface area contributed by atoms with E-state index in [0.29, 0.717) is 12.2 Å². The highest BCUT2D eigenvalue weighted by Gasteiger charge is 2.15. The molecule has 4 aromatic rings. The Hall–Kier alpha value is -3.40. The second-order valence-corrected chi connectivity index (χ2v) is 6.95. The van der Waals surface area contributed by atoms with Gasteiger partial charge in [0.1, 0.15) is 18.2 Å². The van der Waals surface area contributed by atoms with Gasteiger partial charge in [-0.3, -0.25) is 4.79 Å². The second kappa shape index (κ2) is 7.69. The van der Waals surface area contributed by atoms with Crippen molar-refractivity contribution >= 4 is 16.8 Å². The van der Waals surface area contributed by atoms with E-state index in [1.165, 1.54) is 0 Å². The number of nitrogens with zero attached hydrogens (tertiary/aromatic N) is 2. The van der Waals surface area contributed by atoms with Gasteiger partial charge in [0, 0.05) is 5.56 Å². The van der Waals surface area contributed by atoms with Crippen LogP contribution in [0.3, 0.4) is 0 Å². The number of ether oxygens (including phenoxy) is 1. The summed E-state index contributed by atoms with van der Waals surface area (Å²) in [7, 11) is 0. The Balaban J connectivity index is 1.65. The SMILES string of the molecule is Cc1ccc(C)c(OCc2nc3ccccc3n2CC(=O)c2ccccc2)c1. The molecule has 1 aromatic heterocycles. The molecule has 4 nitrogen and oxygen atoms in total. The number of benzene rings is 3. The molecule has 0 fully saturated rings. The summed E-state index contributed by atoms with van der Waals surface area (Å²) in [5, 5.41) is 0. The Morgan fingerprint density at radius 1 is 0.964 bits per heavy atom. The molecule has 4 rings (SSSR count). The summed E-state index contributed by atoms with van der Waals surface area (Å²) < 4.78 is 8.02. The lowest BCUT2D eigenvalue weighted by atomic mass is 10.1. The van der Waals surface area contributed by atoms with E-state index in [1.807, 2.05) is 85.1 Å². The van der Waals surface area contributed by atoms with E-state index in [2.05, 4.69) is 6.07 Å². The van der Waals surface area contributed by atoms with Gasteiger partial charge < -0.3 is 9.30 Å². The number of carbonyl (C=O) groups excluding carboxylic acids is 1. The number of carbonyl (C=O) groups is 1. The molecule has 0 spiro atoms. The molecular formula is C24H22N2O2. The maximum absolute atomic E-state index is 12.8. The van der Waals surface area contributed by atoms with Crippen LogP contribution in [0.1, 0.15) is 27.3 Å². The Kier molecular flexibility index (Phi) is 4.94. The number of para-hydroxylation sites is 2. The predicted molar refractivity (Wildman–Crippen MR) is 111 cm³/mol. The molecule has 0 aliphatic carbocycles. The fourth-order valence-corrected chi connectivity index (χ4v) is 3.28. The maximum atomic E-state index is 12.8. The van der Waals surface area contributed by atoms with Gasteiger partial charge in [0.25, 0.3) is 0 Å². The van der Waals surface area contributed by atoms with Crippen molar-refractivity contribution in [1.82, 2.24) is 9.55 Å². The number of ketones is 1. The Morgan fingerprint density at radius 3 is 2.54 bits per heavy atom. The van der Waals surface area contributed by atoms with Crippen LogP contribution in [0, 0.1) is 13.8 Å². The molecule has 0 radical (unpaired) electrons. The van der Waals surface area contributed by atoms with Gasteiger partial charge in [-0.25, -0.2) is 4.98 Å². The van der Waals surface area contributed by atoms with Crippen molar-refractivity contribution in [2.45, 2.75) is 27.0 Å². The Labute approximate surface area is 164 Å². The van der Waals surface area contributed by atoms with Crippen molar-refractivity contribution in [3.05, 3.63) is 95.3 Å². The molecule has 0 saturated carbocycles. The highest BCUT2D eigenvalue weighted by atomic mass is 16.5. The third-order valence-corrected chi connectivity index (χ3v) is 4.83. The average Bonchev–Trinajstić information content (AvgIpc) is 3.07. The van der Waals surface area contributed by atoms with Crippen LogP contribution in [0.5, 0.6) is 5.75 Å². The number of rotatable bonds is 6. The van der Waals surface area contributed by atoms with E-state index in [0.717, 1.165) is 33.7 Å². The minimum absolute atomic E-state index is 0.0525. The van der Waals surface area contributed by atoms with Gasteiger partial charge in [0.05, 0.1) is 17.6 Å². The molecule has 140 valence electrons. The third kappa shape index (κ3) is 3.67. The number of fused-ring (bicyclic) bond motifs is 1. The lowest BCUT2D eigenvalue weighted by Gasteiger charge is -2.12. The summed E-state index contributed by atoms with van der Waals surface area (Å²) >= 11 is 0. The molecule has 0 aliphatic heterocycles. The predicted octanol–water partition coefficient (Wildman–Crippen LogP) is 5.12. The lowest BCUT2D eigenvalue weighted by Crippen LogP contribution is -2.14. The van der Waals surface area contributed by atoms with Gasteiger partial charge >= 0.3 is 0 Å². The molecule has 28 heavy (non-hydrogen) atoms. The number of aryl methyl sites for hydroxylation is 2. The van der Waals surface area contributed by atoms with Crippen LogP contribution in [-0.2, 0) is 13.2 Å². The molecule has 0 amide bonds. The van der Waals surface area contributed by atoms with Crippen molar-refractivity contribution in [3.63, 3.8) is 0 Å². The van der Waals surface area contributed by atoms with Gasteiger partial charge in [0.2, 0.25) is 0 Å². The fraction of sp³-hybridized carbons (Fsp3) is 0.167. The molecule has 0 atom stereocenters. The molecule has 0 saturated heterocycles. The van der Waals surface area contributed by atoms with Crippen LogP contribution in [0.15, 0.2) is 72.8 Å². The fourth-order valence-electron chi connectivity index (χ4n) is 3.28. The van der Waals surface area contributed by atoms with E-state index < -0.39 is 0 Å². The zero-order valence-corrected chi connectivity index (χ0v) is 16.1. The number of hydrogen-bond acceptors (Lipinski definition) is 3. The summed E-state index contributed by atoms with van der Waals surface area (Å²) in [6.45, 7) is 4.60. The van der Waals surface area contributed by atoms with Gasteiger partial charge in [0.15, 0.2) is 5.78 Å². The number of hydrogen-bond donors (Lipinski definition) is 0. The van der Waals surface area contributed by atoms with Gasteiger partial charge in [-0.05, 0) is 43.2 Å². The molecule has 1 heterocycles. The van der Waals surface area contributed by atoms with Crippen LogP contribution in [-0.4, -0.2) is 15.3 Å². The molecular weight excluding hydrogens is 348 g/mol. The standard InChI is InChI=1S/C24H22N2O2/c1-17-12-13-18(2)23(14-17)28-16-24-25-20-10-6-7-11-21(20)26(24)15-22(27)19-8-4-3-5-9-19/h3-14H,15-16H2,1-2H3. The zero-order chi connectivity index (χ0) is 19.5. The van der Waals surface area contributed by atoms with Gasteiger partial charge in [-0.15, -0.1) is 0 Å². The number of imidazole rings is 1. The van der Waals surface area contributed by atoms with Crippen LogP contribution in [0.2, 0.25) is 0 Å². The Morgan fingerprint density at radius 2 is 1.71 bits per heavy atom. The molecule has 0 unspecified atom stereocenters. The van der Waals surface area contributed by atoms with Crippen molar-refractivity contribution in [2.75, 3.05) is 0 Å². The average molecular weight is 370 g/mol. The first-order chi connectivity index (χ1) is 13.6. The monoisotopic (exact) mass is 370 g/mol. The first kappa shape index (κ1) is 18.0. The molecule has 4 heteroatoms. The molecule has 3 aromatic carbocycles. The summed E-state index contributed by atoms with van der Waals surface area (Å²) in [6.07, 6.45) is 0. The molecule has 0 aliphatic rings. The number of Topliss-reactive ketones (excluding diaryl/α,β-unsaturated/α-hetero) is 1. The minimum atomic E-state index is 0.0525. The van der Waals surface area contributed by atoms with Crippen molar-refractivity contribution < 1.29 is 9.53 Å². The van der Waals surface area contributed by atoms with Gasteiger partial charge in [-0.2, -0.15) is 0 Å². The maximum Gasteiger partial charge on any atom is 0.182 e.